The zero-order valence-electron chi connectivity index (χ0n) is 13.0. The van der Waals surface area contributed by atoms with Crippen LogP contribution in [0, 0.1) is 5.92 Å². The van der Waals surface area contributed by atoms with Gasteiger partial charge in [0.1, 0.15) is 6.61 Å². The molecular formula is C16H21NO5. The smallest absolute Gasteiger partial charge is 0.308 e. The van der Waals surface area contributed by atoms with Crippen molar-refractivity contribution >= 4 is 11.9 Å². The summed E-state index contributed by atoms with van der Waals surface area (Å²) in [6, 6.07) is 4.83. The molecule has 1 aromatic carbocycles. The molecule has 1 N–H and O–H groups in total. The minimum absolute atomic E-state index is 0.130. The van der Waals surface area contributed by atoms with Crippen LogP contribution in [0.2, 0.25) is 0 Å². The van der Waals surface area contributed by atoms with Gasteiger partial charge in [0.05, 0.1) is 13.0 Å². The lowest BCUT2D eigenvalue weighted by Crippen LogP contribution is -2.33. The van der Waals surface area contributed by atoms with Gasteiger partial charge in [-0.15, -0.1) is 0 Å². The van der Waals surface area contributed by atoms with E-state index in [2.05, 4.69) is 6.58 Å². The van der Waals surface area contributed by atoms with Gasteiger partial charge in [-0.1, -0.05) is 19.6 Å². The Morgan fingerprint density at radius 2 is 2.09 bits per heavy atom. The molecule has 6 heteroatoms. The molecule has 120 valence electrons. The molecule has 0 aliphatic rings. The highest BCUT2D eigenvalue weighted by Gasteiger charge is 2.19. The number of carboxylic acid groups (broad SMARTS) is 1. The fraction of sp³-hybridized carbons (Fsp3) is 0.375. The monoisotopic (exact) mass is 307 g/mol. The Bertz CT molecular complexity index is 555. The molecule has 0 aliphatic heterocycles. The van der Waals surface area contributed by atoms with Crippen molar-refractivity contribution in [1.82, 2.24) is 4.90 Å². The molecule has 1 amide bonds. The molecule has 1 aromatic rings. The molecule has 1 atom stereocenters. The molecule has 0 fully saturated rings. The Kier molecular flexibility index (Phi) is 6.44. The lowest BCUT2D eigenvalue weighted by atomic mass is 10.1. The maximum atomic E-state index is 12.3. The predicted molar refractivity (Wildman–Crippen MR) is 82.4 cm³/mol. The Labute approximate surface area is 129 Å². The van der Waals surface area contributed by atoms with E-state index in [0.717, 1.165) is 0 Å². The van der Waals surface area contributed by atoms with Crippen LogP contribution in [-0.2, 0) is 4.79 Å². The molecule has 0 saturated heterocycles. The normalized spacial score (nSPS) is 11.4. The zero-order valence-corrected chi connectivity index (χ0v) is 13.0. The van der Waals surface area contributed by atoms with E-state index in [4.69, 9.17) is 14.6 Å². The Hall–Kier alpha value is -2.50. The first kappa shape index (κ1) is 17.6. The van der Waals surface area contributed by atoms with Crippen LogP contribution in [0.3, 0.4) is 0 Å². The molecule has 22 heavy (non-hydrogen) atoms. The van der Waals surface area contributed by atoms with Gasteiger partial charge in [-0.25, -0.2) is 0 Å². The van der Waals surface area contributed by atoms with E-state index in [-0.39, 0.29) is 12.5 Å². The van der Waals surface area contributed by atoms with Gasteiger partial charge in [-0.05, 0) is 18.2 Å². The predicted octanol–water partition coefficient (Wildman–Crippen LogP) is 2.05. The van der Waals surface area contributed by atoms with Gasteiger partial charge in [0, 0.05) is 19.2 Å². The van der Waals surface area contributed by atoms with Gasteiger partial charge in [0.15, 0.2) is 11.5 Å². The second-order valence-corrected chi connectivity index (χ2v) is 4.89. The van der Waals surface area contributed by atoms with E-state index in [1.54, 1.807) is 38.2 Å². The molecule has 1 unspecified atom stereocenters. The standard InChI is InChI=1S/C16H21NO5/c1-5-8-22-13-7-6-12(9-14(13)21-4)15(18)17(3)10-11(2)16(19)20/h5-7,9,11H,1,8,10H2,2-4H3,(H,19,20). The summed E-state index contributed by atoms with van der Waals surface area (Å²) in [6.07, 6.45) is 1.61. The summed E-state index contributed by atoms with van der Waals surface area (Å²) < 4.78 is 10.6. The number of hydrogen-bond donors (Lipinski definition) is 1. The molecule has 0 heterocycles. The number of aliphatic carboxylic acids is 1. The molecule has 0 aromatic heterocycles. The van der Waals surface area contributed by atoms with E-state index in [1.165, 1.54) is 12.0 Å². The number of rotatable bonds is 8. The number of benzene rings is 1. The number of carbonyl (C=O) groups is 2. The second kappa shape index (κ2) is 8.07. The molecule has 1 rings (SSSR count). The van der Waals surface area contributed by atoms with Crippen LogP contribution >= 0.6 is 0 Å². The van der Waals surface area contributed by atoms with Crippen molar-refractivity contribution in [2.24, 2.45) is 5.92 Å². The highest BCUT2D eigenvalue weighted by molar-refractivity contribution is 5.95. The maximum Gasteiger partial charge on any atom is 0.308 e. The highest BCUT2D eigenvalue weighted by atomic mass is 16.5. The minimum Gasteiger partial charge on any atom is -0.493 e. The summed E-state index contributed by atoms with van der Waals surface area (Å²) in [4.78, 5) is 24.5. The van der Waals surface area contributed by atoms with E-state index >= 15 is 0 Å². The van der Waals surface area contributed by atoms with Crippen LogP contribution < -0.4 is 9.47 Å². The quantitative estimate of drug-likeness (QED) is 0.744. The molecule has 0 bridgehead atoms. The van der Waals surface area contributed by atoms with E-state index in [0.29, 0.717) is 23.7 Å². The third kappa shape index (κ3) is 4.51. The number of hydrogen-bond acceptors (Lipinski definition) is 4. The van der Waals surface area contributed by atoms with Gasteiger partial charge in [0.2, 0.25) is 0 Å². The van der Waals surface area contributed by atoms with Gasteiger partial charge in [-0.2, -0.15) is 0 Å². The first-order valence-electron chi connectivity index (χ1n) is 6.80. The van der Waals surface area contributed by atoms with Crippen molar-refractivity contribution in [3.63, 3.8) is 0 Å². The van der Waals surface area contributed by atoms with Crippen LogP contribution in [-0.4, -0.2) is 49.2 Å². The minimum atomic E-state index is -0.939. The van der Waals surface area contributed by atoms with Crippen molar-refractivity contribution < 1.29 is 24.2 Å². The largest absolute Gasteiger partial charge is 0.493 e. The first-order chi connectivity index (χ1) is 10.4. The first-order valence-corrected chi connectivity index (χ1v) is 6.80. The fourth-order valence-electron chi connectivity index (χ4n) is 1.86. The fourth-order valence-corrected chi connectivity index (χ4v) is 1.86. The van der Waals surface area contributed by atoms with Crippen molar-refractivity contribution in [1.29, 1.82) is 0 Å². The average molecular weight is 307 g/mol. The highest BCUT2D eigenvalue weighted by Crippen LogP contribution is 2.28. The van der Waals surface area contributed by atoms with Gasteiger partial charge < -0.3 is 19.5 Å². The molecule has 0 radical (unpaired) electrons. The molecule has 0 saturated carbocycles. The average Bonchev–Trinajstić information content (AvgIpc) is 2.51. The van der Waals surface area contributed by atoms with Crippen molar-refractivity contribution in [2.45, 2.75) is 6.92 Å². The summed E-state index contributed by atoms with van der Waals surface area (Å²) in [5.41, 5.74) is 0.405. The van der Waals surface area contributed by atoms with Crippen LogP contribution in [0.15, 0.2) is 30.9 Å². The summed E-state index contributed by atoms with van der Waals surface area (Å²) >= 11 is 0. The lowest BCUT2D eigenvalue weighted by Gasteiger charge is -2.20. The number of carboxylic acids is 1. The zero-order chi connectivity index (χ0) is 16.7. The third-order valence-electron chi connectivity index (χ3n) is 3.08. The molecule has 0 spiro atoms. The second-order valence-electron chi connectivity index (χ2n) is 4.89. The van der Waals surface area contributed by atoms with Gasteiger partial charge in [0.25, 0.3) is 5.91 Å². The van der Waals surface area contributed by atoms with Crippen molar-refractivity contribution in [3.05, 3.63) is 36.4 Å². The van der Waals surface area contributed by atoms with E-state index in [1.807, 2.05) is 0 Å². The number of ether oxygens (including phenoxy) is 2. The van der Waals surface area contributed by atoms with Gasteiger partial charge >= 0.3 is 5.97 Å². The molecule has 6 nitrogen and oxygen atoms in total. The van der Waals surface area contributed by atoms with Crippen LogP contribution in [0.1, 0.15) is 17.3 Å². The van der Waals surface area contributed by atoms with Gasteiger partial charge in [-0.3, -0.25) is 9.59 Å². The van der Waals surface area contributed by atoms with Crippen molar-refractivity contribution in [2.75, 3.05) is 27.3 Å². The Balaban J connectivity index is 2.89. The SMILES string of the molecule is C=CCOc1ccc(C(=O)N(C)CC(C)C(=O)O)cc1OC. The number of amides is 1. The van der Waals surface area contributed by atoms with E-state index < -0.39 is 11.9 Å². The number of nitrogens with zero attached hydrogens (tertiary/aromatic N) is 1. The topological polar surface area (TPSA) is 76.1 Å². The number of carbonyl (C=O) groups excluding carboxylic acids is 1. The maximum absolute atomic E-state index is 12.3. The van der Waals surface area contributed by atoms with Crippen LogP contribution in [0.4, 0.5) is 0 Å². The molecule has 0 aliphatic carbocycles. The summed E-state index contributed by atoms with van der Waals surface area (Å²) in [5, 5.41) is 8.90. The summed E-state index contributed by atoms with van der Waals surface area (Å²) in [5.74, 6) is -0.897. The Morgan fingerprint density at radius 1 is 1.41 bits per heavy atom. The van der Waals surface area contributed by atoms with Crippen LogP contribution in [0.25, 0.3) is 0 Å². The molecular weight excluding hydrogens is 286 g/mol. The Morgan fingerprint density at radius 3 is 2.64 bits per heavy atom. The lowest BCUT2D eigenvalue weighted by molar-refractivity contribution is -0.141. The summed E-state index contributed by atoms with van der Waals surface area (Å²) in [7, 11) is 3.05. The van der Waals surface area contributed by atoms with E-state index in [9.17, 15) is 9.59 Å². The third-order valence-corrected chi connectivity index (χ3v) is 3.08. The number of methoxy groups -OCH3 is 1. The summed E-state index contributed by atoms with van der Waals surface area (Å²) in [6.45, 7) is 5.59. The van der Waals surface area contributed by atoms with Crippen molar-refractivity contribution in [3.8, 4) is 11.5 Å². The van der Waals surface area contributed by atoms with Crippen LogP contribution in [0.5, 0.6) is 11.5 Å².